The Morgan fingerprint density at radius 2 is 1.90 bits per heavy atom. The number of carbonyl (C=O) groups excluding carboxylic acids is 2. The van der Waals surface area contributed by atoms with Gasteiger partial charge in [-0.15, -0.1) is 10.2 Å². The average Bonchev–Trinajstić information content (AvgIpc) is 3.57. The summed E-state index contributed by atoms with van der Waals surface area (Å²) in [5, 5.41) is 22.2. The number of rotatable bonds is 7. The number of aliphatic hydroxyl groups is 1. The SMILES string of the molecule is COc1ccc(C(O)=C2C(=O)C(=O)N(c3nnc(SCc4cccc5ccccc45)s3)[C@@H]2c2cccnc2)cc1F. The molecule has 0 aliphatic carbocycles. The quantitative estimate of drug-likeness (QED) is 0.0798. The fourth-order valence-electron chi connectivity index (χ4n) is 4.77. The van der Waals surface area contributed by atoms with E-state index in [-0.39, 0.29) is 22.0 Å². The normalized spacial score (nSPS) is 16.4. The number of thioether (sulfide) groups is 1. The van der Waals surface area contributed by atoms with E-state index in [1.165, 1.54) is 53.4 Å². The first-order valence-corrected chi connectivity index (χ1v) is 14.2. The molecule has 1 atom stereocenters. The first-order valence-electron chi connectivity index (χ1n) is 12.4. The van der Waals surface area contributed by atoms with Crippen molar-refractivity contribution in [3.63, 3.8) is 0 Å². The maximum atomic E-state index is 14.5. The molecule has 1 fully saturated rings. The van der Waals surface area contributed by atoms with Crippen molar-refractivity contribution in [1.82, 2.24) is 15.2 Å². The number of anilines is 1. The molecule has 8 nitrogen and oxygen atoms in total. The molecule has 0 radical (unpaired) electrons. The first-order chi connectivity index (χ1) is 20.0. The number of ether oxygens (including phenoxy) is 1. The molecule has 204 valence electrons. The number of hydrogen-bond acceptors (Lipinski definition) is 9. The molecule has 1 aliphatic heterocycles. The predicted octanol–water partition coefficient (Wildman–Crippen LogP) is 6.15. The second-order valence-electron chi connectivity index (χ2n) is 9.08. The minimum atomic E-state index is -1.04. The molecular formula is C30H21FN4O4S2. The molecule has 1 aliphatic rings. The van der Waals surface area contributed by atoms with E-state index >= 15 is 0 Å². The third kappa shape index (κ3) is 4.94. The fraction of sp³-hybridized carbons (Fsp3) is 0.100. The smallest absolute Gasteiger partial charge is 0.301 e. The van der Waals surface area contributed by atoms with E-state index in [1.54, 1.807) is 18.3 Å². The summed E-state index contributed by atoms with van der Waals surface area (Å²) in [6.07, 6.45) is 3.06. The van der Waals surface area contributed by atoms with Crippen LogP contribution < -0.4 is 9.64 Å². The van der Waals surface area contributed by atoms with Crippen molar-refractivity contribution < 1.29 is 23.8 Å². The maximum Gasteiger partial charge on any atom is 0.301 e. The van der Waals surface area contributed by atoms with Crippen LogP contribution >= 0.6 is 23.1 Å². The number of aromatic nitrogens is 3. The Kier molecular flexibility index (Phi) is 7.21. The lowest BCUT2D eigenvalue weighted by molar-refractivity contribution is -0.132. The van der Waals surface area contributed by atoms with E-state index in [4.69, 9.17) is 4.74 Å². The second kappa shape index (κ2) is 11.1. The summed E-state index contributed by atoms with van der Waals surface area (Å²) in [6.45, 7) is 0. The number of ketones is 1. The van der Waals surface area contributed by atoms with Crippen LogP contribution in [0, 0.1) is 5.82 Å². The van der Waals surface area contributed by atoms with Gasteiger partial charge in [0.2, 0.25) is 5.13 Å². The zero-order valence-electron chi connectivity index (χ0n) is 21.5. The standard InChI is InChI=1S/C30H21FN4O4S2/c1-39-23-12-11-18(14-22(23)31)26(36)24-25(19-9-5-13-32-15-19)35(28(38)27(24)37)29-33-34-30(41-29)40-16-20-8-4-7-17-6-2-3-10-21(17)20/h2-15,25,36H,16H2,1H3/t25-/m1/s1. The molecule has 3 aromatic carbocycles. The number of halogens is 1. The number of fused-ring (bicyclic) bond motifs is 1. The summed E-state index contributed by atoms with van der Waals surface area (Å²) in [7, 11) is 1.32. The Hall–Kier alpha value is -4.61. The Bertz CT molecular complexity index is 1820. The Morgan fingerprint density at radius 3 is 2.68 bits per heavy atom. The van der Waals surface area contributed by atoms with Gasteiger partial charge in [0, 0.05) is 23.7 Å². The van der Waals surface area contributed by atoms with Gasteiger partial charge in [0.15, 0.2) is 15.9 Å². The number of aliphatic hydroxyl groups excluding tert-OH is 1. The highest BCUT2D eigenvalue weighted by Gasteiger charge is 2.48. The van der Waals surface area contributed by atoms with Crippen molar-refractivity contribution in [1.29, 1.82) is 0 Å². The molecule has 0 unspecified atom stereocenters. The monoisotopic (exact) mass is 584 g/mol. The van der Waals surface area contributed by atoms with Crippen molar-refractivity contribution in [2.24, 2.45) is 0 Å². The second-order valence-corrected chi connectivity index (χ2v) is 11.3. The van der Waals surface area contributed by atoms with E-state index in [1.807, 2.05) is 18.2 Å². The molecule has 41 heavy (non-hydrogen) atoms. The van der Waals surface area contributed by atoms with Crippen molar-refractivity contribution in [3.8, 4) is 5.75 Å². The van der Waals surface area contributed by atoms with Crippen molar-refractivity contribution in [2.45, 2.75) is 16.1 Å². The van der Waals surface area contributed by atoms with Crippen LogP contribution in [0.3, 0.4) is 0 Å². The number of pyridine rings is 1. The Morgan fingerprint density at radius 1 is 1.07 bits per heavy atom. The van der Waals surface area contributed by atoms with Crippen LogP contribution in [0.2, 0.25) is 0 Å². The van der Waals surface area contributed by atoms with Gasteiger partial charge in [-0.3, -0.25) is 19.5 Å². The lowest BCUT2D eigenvalue weighted by Gasteiger charge is -2.22. The number of Topliss-reactive ketones (excluding diaryl/α,β-unsaturated/α-hetero) is 1. The summed E-state index contributed by atoms with van der Waals surface area (Å²) in [4.78, 5) is 32.1. The van der Waals surface area contributed by atoms with E-state index in [0.717, 1.165) is 22.4 Å². The topological polar surface area (TPSA) is 106 Å². The van der Waals surface area contributed by atoms with Gasteiger partial charge in [0.25, 0.3) is 5.78 Å². The Labute approximate surface area is 242 Å². The molecule has 2 aromatic heterocycles. The number of methoxy groups -OCH3 is 1. The van der Waals surface area contributed by atoms with Gasteiger partial charge in [-0.25, -0.2) is 4.39 Å². The van der Waals surface area contributed by atoms with Crippen molar-refractivity contribution in [3.05, 3.63) is 113 Å². The number of amides is 1. The van der Waals surface area contributed by atoms with Gasteiger partial charge in [0.05, 0.1) is 18.7 Å². The van der Waals surface area contributed by atoms with Gasteiger partial charge in [-0.2, -0.15) is 0 Å². The largest absolute Gasteiger partial charge is 0.507 e. The summed E-state index contributed by atoms with van der Waals surface area (Å²) < 4.78 is 20.0. The van der Waals surface area contributed by atoms with E-state index in [0.29, 0.717) is 15.7 Å². The summed E-state index contributed by atoms with van der Waals surface area (Å²) in [5.74, 6) is -2.43. The van der Waals surface area contributed by atoms with E-state index in [9.17, 15) is 19.1 Å². The number of benzene rings is 3. The number of hydrogen-bond donors (Lipinski definition) is 1. The zero-order chi connectivity index (χ0) is 28.5. The molecule has 6 rings (SSSR count). The lowest BCUT2D eigenvalue weighted by atomic mass is 9.96. The molecule has 5 aromatic rings. The van der Waals surface area contributed by atoms with Crippen molar-refractivity contribution >= 4 is 56.5 Å². The molecule has 0 saturated carbocycles. The zero-order valence-corrected chi connectivity index (χ0v) is 23.2. The molecular weight excluding hydrogens is 563 g/mol. The summed E-state index contributed by atoms with van der Waals surface area (Å²) >= 11 is 2.64. The average molecular weight is 585 g/mol. The van der Waals surface area contributed by atoms with Gasteiger partial charge in [0.1, 0.15) is 5.76 Å². The third-order valence-electron chi connectivity index (χ3n) is 6.70. The van der Waals surface area contributed by atoms with Crippen molar-refractivity contribution in [2.75, 3.05) is 12.0 Å². The van der Waals surface area contributed by atoms with Crippen LogP contribution in [0.4, 0.5) is 9.52 Å². The molecule has 0 spiro atoms. The van der Waals surface area contributed by atoms with Gasteiger partial charge < -0.3 is 9.84 Å². The summed E-state index contributed by atoms with van der Waals surface area (Å²) in [5.41, 5.74) is 1.43. The van der Waals surface area contributed by atoms with Crippen LogP contribution in [0.5, 0.6) is 5.75 Å². The maximum absolute atomic E-state index is 14.5. The first kappa shape index (κ1) is 26.6. The van der Waals surface area contributed by atoms with Gasteiger partial charge in [-0.05, 0) is 46.2 Å². The Balaban J connectivity index is 1.36. The van der Waals surface area contributed by atoms with E-state index in [2.05, 4.69) is 39.4 Å². The fourth-order valence-corrected chi connectivity index (χ4v) is 6.64. The third-order valence-corrected chi connectivity index (χ3v) is 8.81. The molecule has 1 N–H and O–H groups in total. The molecule has 1 amide bonds. The van der Waals surface area contributed by atoms with Crippen LogP contribution in [0.15, 0.2) is 95.1 Å². The number of nitrogens with zero attached hydrogens (tertiary/aromatic N) is 4. The minimum absolute atomic E-state index is 0.0202. The molecule has 3 heterocycles. The molecule has 1 saturated heterocycles. The van der Waals surface area contributed by atoms with E-state index < -0.39 is 29.3 Å². The van der Waals surface area contributed by atoms with Gasteiger partial charge >= 0.3 is 5.91 Å². The van der Waals surface area contributed by atoms with Crippen LogP contribution in [0.25, 0.3) is 16.5 Å². The summed E-state index contributed by atoms with van der Waals surface area (Å²) in [6, 6.07) is 20.3. The van der Waals surface area contributed by atoms with Crippen LogP contribution in [-0.4, -0.2) is 39.1 Å². The number of carbonyl (C=O) groups is 2. The van der Waals surface area contributed by atoms with Crippen LogP contribution in [0.1, 0.15) is 22.7 Å². The molecule has 0 bridgehead atoms. The van der Waals surface area contributed by atoms with Gasteiger partial charge in [-0.1, -0.05) is 71.6 Å². The highest BCUT2D eigenvalue weighted by Crippen LogP contribution is 2.44. The highest BCUT2D eigenvalue weighted by atomic mass is 32.2. The highest BCUT2D eigenvalue weighted by molar-refractivity contribution is 8.00. The lowest BCUT2D eigenvalue weighted by Crippen LogP contribution is -2.29. The minimum Gasteiger partial charge on any atom is -0.507 e. The molecule has 11 heteroatoms. The van der Waals surface area contributed by atoms with Crippen LogP contribution in [-0.2, 0) is 15.3 Å². The predicted molar refractivity (Wildman–Crippen MR) is 155 cm³/mol.